The molecule has 0 saturated carbocycles. The number of benzene rings is 1. The van der Waals surface area contributed by atoms with Gasteiger partial charge in [0.1, 0.15) is 11.6 Å². The molecule has 0 aliphatic carbocycles. The number of amidine groups is 1. The lowest BCUT2D eigenvalue weighted by molar-refractivity contribution is -0.115. The number of aromatic nitrogens is 2. The van der Waals surface area contributed by atoms with Gasteiger partial charge in [-0.2, -0.15) is 0 Å². The summed E-state index contributed by atoms with van der Waals surface area (Å²) in [4.78, 5) is 21.8. The molecule has 1 fully saturated rings. The van der Waals surface area contributed by atoms with E-state index in [-0.39, 0.29) is 11.7 Å². The Hall–Kier alpha value is -3.19. The van der Waals surface area contributed by atoms with Crippen molar-refractivity contribution in [2.24, 2.45) is 4.99 Å². The second-order valence-corrected chi connectivity index (χ2v) is 7.84. The number of hydrogen-bond donors (Lipinski definition) is 1. The van der Waals surface area contributed by atoms with Crippen molar-refractivity contribution >= 4 is 34.6 Å². The van der Waals surface area contributed by atoms with Crippen molar-refractivity contribution in [3.63, 3.8) is 0 Å². The maximum Gasteiger partial charge on any atom is 0.264 e. The van der Waals surface area contributed by atoms with Gasteiger partial charge in [0.05, 0.1) is 10.6 Å². The maximum absolute atomic E-state index is 13.0. The molecule has 1 aromatic carbocycles. The third-order valence-corrected chi connectivity index (χ3v) is 5.50. The Balaban J connectivity index is 1.64. The lowest BCUT2D eigenvalue weighted by Gasteiger charge is -2.09. The first kappa shape index (κ1) is 19.1. The highest BCUT2D eigenvalue weighted by atomic mass is 32.2. The number of nitrogens with one attached hydrogen (secondary N) is 1. The minimum atomic E-state index is -0.323. The molecule has 0 bridgehead atoms. The largest absolute Gasteiger partial charge is 0.303 e. The van der Waals surface area contributed by atoms with E-state index in [1.165, 1.54) is 23.9 Å². The van der Waals surface area contributed by atoms with Crippen molar-refractivity contribution in [2.75, 3.05) is 0 Å². The molecule has 1 aliphatic rings. The highest BCUT2D eigenvalue weighted by molar-refractivity contribution is 8.18. The van der Waals surface area contributed by atoms with Gasteiger partial charge >= 0.3 is 0 Å². The molecule has 0 radical (unpaired) electrons. The van der Waals surface area contributed by atoms with E-state index in [1.807, 2.05) is 45.0 Å². The number of carbonyl (C=O) groups excluding carboxylic acids is 1. The molecule has 5 nitrogen and oxygen atoms in total. The summed E-state index contributed by atoms with van der Waals surface area (Å²) in [5.41, 5.74) is 4.71. The molecule has 1 N–H and O–H groups in total. The summed E-state index contributed by atoms with van der Waals surface area (Å²) < 4.78 is 15.1. The number of carbonyl (C=O) groups is 1. The number of aliphatic imine (C=N–C) groups is 1. The van der Waals surface area contributed by atoms with Crippen molar-refractivity contribution in [2.45, 2.75) is 20.8 Å². The summed E-state index contributed by atoms with van der Waals surface area (Å²) in [6.45, 7) is 6.06. The summed E-state index contributed by atoms with van der Waals surface area (Å²) in [5.74, 6) is 0.331. The number of pyridine rings is 1. The van der Waals surface area contributed by atoms with Gasteiger partial charge in [-0.15, -0.1) is 0 Å². The Kier molecular flexibility index (Phi) is 5.07. The molecular weight excluding hydrogens is 387 g/mol. The van der Waals surface area contributed by atoms with Crippen LogP contribution in [0.15, 0.2) is 58.6 Å². The standard InChI is InChI=1S/C22H19FN4OS/c1-13-8-9-24-20(10-13)27-14(2)11-16(15(27)3)12-19-21(28)26-22(29-19)25-18-6-4-17(23)5-7-18/h4-12H,1-3H3,(H,25,26,28)/b19-12+. The first-order valence-electron chi connectivity index (χ1n) is 9.08. The molecule has 146 valence electrons. The summed E-state index contributed by atoms with van der Waals surface area (Å²) in [7, 11) is 0. The summed E-state index contributed by atoms with van der Waals surface area (Å²) in [6, 6.07) is 11.8. The molecule has 1 amide bonds. The van der Waals surface area contributed by atoms with Crippen LogP contribution in [0.25, 0.3) is 11.9 Å². The molecule has 0 spiro atoms. The summed E-state index contributed by atoms with van der Waals surface area (Å²) >= 11 is 1.27. The predicted octanol–water partition coefficient (Wildman–Crippen LogP) is 4.83. The monoisotopic (exact) mass is 406 g/mol. The first-order chi connectivity index (χ1) is 13.9. The molecule has 1 saturated heterocycles. The van der Waals surface area contributed by atoms with Crippen LogP contribution in [0.4, 0.5) is 10.1 Å². The van der Waals surface area contributed by atoms with Crippen LogP contribution < -0.4 is 5.32 Å². The molecule has 1 aliphatic heterocycles. The molecule has 0 unspecified atom stereocenters. The zero-order valence-electron chi connectivity index (χ0n) is 16.2. The van der Waals surface area contributed by atoms with E-state index < -0.39 is 0 Å². The van der Waals surface area contributed by atoms with Crippen molar-refractivity contribution in [3.8, 4) is 5.82 Å². The van der Waals surface area contributed by atoms with Crippen molar-refractivity contribution in [1.82, 2.24) is 14.9 Å². The fourth-order valence-corrected chi connectivity index (χ4v) is 4.02. The highest BCUT2D eigenvalue weighted by Crippen LogP contribution is 2.30. The average molecular weight is 406 g/mol. The Morgan fingerprint density at radius 2 is 1.90 bits per heavy atom. The van der Waals surface area contributed by atoms with Gasteiger partial charge in [-0.05, 0) is 92.2 Å². The molecule has 7 heteroatoms. The number of rotatable bonds is 3. The summed E-state index contributed by atoms with van der Waals surface area (Å²) in [6.07, 6.45) is 3.65. The zero-order chi connectivity index (χ0) is 20.5. The lowest BCUT2D eigenvalue weighted by atomic mass is 10.2. The normalized spacial score (nSPS) is 16.6. The van der Waals surface area contributed by atoms with Crippen LogP contribution in [-0.4, -0.2) is 20.6 Å². The molecule has 4 rings (SSSR count). The van der Waals surface area contributed by atoms with E-state index in [0.717, 1.165) is 28.3 Å². The molecular formula is C22H19FN4OS. The smallest absolute Gasteiger partial charge is 0.264 e. The molecule has 3 aromatic rings. The van der Waals surface area contributed by atoms with Gasteiger partial charge in [-0.1, -0.05) is 0 Å². The molecule has 2 aromatic heterocycles. The minimum absolute atomic E-state index is 0.200. The Labute approximate surface area is 172 Å². The van der Waals surface area contributed by atoms with Crippen LogP contribution in [0.2, 0.25) is 0 Å². The number of hydrogen-bond acceptors (Lipinski definition) is 4. The minimum Gasteiger partial charge on any atom is -0.303 e. The van der Waals surface area contributed by atoms with E-state index in [2.05, 4.69) is 19.9 Å². The number of nitrogens with zero attached hydrogens (tertiary/aromatic N) is 3. The first-order valence-corrected chi connectivity index (χ1v) is 9.89. The topological polar surface area (TPSA) is 59.3 Å². The SMILES string of the molecule is Cc1ccnc(-n2c(C)cc(/C=C3/SC(=Nc4ccc(F)cc4)NC3=O)c2C)c1. The second kappa shape index (κ2) is 7.67. The van der Waals surface area contributed by atoms with Crippen LogP contribution in [0.5, 0.6) is 0 Å². The number of amides is 1. The third-order valence-electron chi connectivity index (χ3n) is 4.60. The average Bonchev–Trinajstić information content (AvgIpc) is 3.16. The van der Waals surface area contributed by atoms with Crippen molar-refractivity contribution in [1.29, 1.82) is 0 Å². The van der Waals surface area contributed by atoms with Crippen LogP contribution in [0.3, 0.4) is 0 Å². The maximum atomic E-state index is 13.0. The van der Waals surface area contributed by atoms with Gasteiger partial charge in [0.2, 0.25) is 0 Å². The number of halogens is 1. The van der Waals surface area contributed by atoms with E-state index in [0.29, 0.717) is 15.8 Å². The van der Waals surface area contributed by atoms with Gasteiger partial charge in [0.25, 0.3) is 5.91 Å². The molecule has 0 atom stereocenters. The fraction of sp³-hybridized carbons (Fsp3) is 0.136. The van der Waals surface area contributed by atoms with E-state index in [4.69, 9.17) is 0 Å². The number of aryl methyl sites for hydroxylation is 2. The van der Waals surface area contributed by atoms with Gasteiger partial charge < -0.3 is 9.88 Å². The van der Waals surface area contributed by atoms with E-state index >= 15 is 0 Å². The van der Waals surface area contributed by atoms with E-state index in [9.17, 15) is 9.18 Å². The van der Waals surface area contributed by atoms with Crippen LogP contribution in [-0.2, 0) is 4.79 Å². The highest BCUT2D eigenvalue weighted by Gasteiger charge is 2.24. The Morgan fingerprint density at radius 3 is 2.62 bits per heavy atom. The lowest BCUT2D eigenvalue weighted by Crippen LogP contribution is -2.19. The second-order valence-electron chi connectivity index (χ2n) is 6.81. The third kappa shape index (κ3) is 4.00. The molecule has 29 heavy (non-hydrogen) atoms. The van der Waals surface area contributed by atoms with Crippen molar-refractivity contribution in [3.05, 3.63) is 81.9 Å². The van der Waals surface area contributed by atoms with Crippen LogP contribution in [0.1, 0.15) is 22.5 Å². The van der Waals surface area contributed by atoms with Gasteiger partial charge in [0, 0.05) is 17.6 Å². The Bertz CT molecular complexity index is 1160. The van der Waals surface area contributed by atoms with E-state index in [1.54, 1.807) is 18.3 Å². The fourth-order valence-electron chi connectivity index (χ4n) is 3.18. The van der Waals surface area contributed by atoms with Crippen molar-refractivity contribution < 1.29 is 9.18 Å². The van der Waals surface area contributed by atoms with Crippen LogP contribution >= 0.6 is 11.8 Å². The van der Waals surface area contributed by atoms with Gasteiger partial charge in [0.15, 0.2) is 5.17 Å². The van der Waals surface area contributed by atoms with Crippen LogP contribution in [0, 0.1) is 26.6 Å². The number of thioether (sulfide) groups is 1. The summed E-state index contributed by atoms with van der Waals surface area (Å²) in [5, 5.41) is 3.23. The Morgan fingerprint density at radius 1 is 1.14 bits per heavy atom. The predicted molar refractivity (Wildman–Crippen MR) is 115 cm³/mol. The van der Waals surface area contributed by atoms with Gasteiger partial charge in [-0.3, -0.25) is 4.79 Å². The quantitative estimate of drug-likeness (QED) is 0.634. The zero-order valence-corrected chi connectivity index (χ0v) is 17.0. The molecule has 3 heterocycles. The van der Waals surface area contributed by atoms with Gasteiger partial charge in [-0.25, -0.2) is 14.4 Å².